The first-order valence-electron chi connectivity index (χ1n) is 7.51. The lowest BCUT2D eigenvalue weighted by molar-refractivity contribution is -0.383. The zero-order chi connectivity index (χ0) is 15.0. The number of pyridine rings is 1. The molecule has 4 N–H and O–H groups in total. The van der Waals surface area contributed by atoms with Gasteiger partial charge in [0, 0.05) is 19.2 Å². The summed E-state index contributed by atoms with van der Waals surface area (Å²) in [6.07, 6.45) is 6.39. The second-order valence-electron chi connectivity index (χ2n) is 6.10. The zero-order valence-corrected chi connectivity index (χ0v) is 12.0. The van der Waals surface area contributed by atoms with Gasteiger partial charge in [0.05, 0.1) is 4.92 Å². The fraction of sp³-hybridized carbons (Fsp3) is 0.643. The number of hydrogen-bond acceptors (Lipinski definition) is 6. The van der Waals surface area contributed by atoms with Crippen LogP contribution in [0.4, 0.5) is 23.0 Å². The Hall–Kier alpha value is -2.05. The van der Waals surface area contributed by atoms with Gasteiger partial charge in [0.25, 0.3) is 0 Å². The number of rotatable bonds is 3. The van der Waals surface area contributed by atoms with Crippen LogP contribution in [0.5, 0.6) is 0 Å². The molecule has 21 heavy (non-hydrogen) atoms. The lowest BCUT2D eigenvalue weighted by Gasteiger charge is -2.41. The van der Waals surface area contributed by atoms with E-state index in [4.69, 9.17) is 11.5 Å². The van der Waals surface area contributed by atoms with E-state index in [0.717, 1.165) is 25.4 Å². The van der Waals surface area contributed by atoms with Crippen LogP contribution in [0.15, 0.2) is 6.07 Å². The summed E-state index contributed by atoms with van der Waals surface area (Å²) >= 11 is 0. The first-order chi connectivity index (χ1) is 10.1. The van der Waals surface area contributed by atoms with Crippen LogP contribution in [-0.2, 0) is 0 Å². The minimum atomic E-state index is -0.575. The van der Waals surface area contributed by atoms with Gasteiger partial charge in [-0.05, 0) is 24.7 Å². The van der Waals surface area contributed by atoms with Crippen molar-refractivity contribution >= 4 is 23.0 Å². The van der Waals surface area contributed by atoms with Gasteiger partial charge in [-0.25, -0.2) is 4.98 Å². The van der Waals surface area contributed by atoms with Crippen LogP contribution in [0.25, 0.3) is 0 Å². The maximum absolute atomic E-state index is 10.9. The predicted octanol–water partition coefficient (Wildman–Crippen LogP) is 2.17. The number of piperidine rings is 1. The molecule has 1 unspecified atom stereocenters. The van der Waals surface area contributed by atoms with Crippen LogP contribution >= 0.6 is 0 Å². The molecule has 2 aliphatic rings. The van der Waals surface area contributed by atoms with Gasteiger partial charge in [0.1, 0.15) is 11.5 Å². The third-order valence-corrected chi connectivity index (χ3v) is 4.82. The van der Waals surface area contributed by atoms with Crippen LogP contribution in [0.1, 0.15) is 32.1 Å². The molecule has 7 nitrogen and oxygen atoms in total. The molecule has 0 spiro atoms. The Labute approximate surface area is 123 Å². The van der Waals surface area contributed by atoms with Gasteiger partial charge >= 0.3 is 5.69 Å². The van der Waals surface area contributed by atoms with Gasteiger partial charge in [0.15, 0.2) is 0 Å². The number of aromatic nitrogens is 1. The van der Waals surface area contributed by atoms with E-state index in [9.17, 15) is 10.1 Å². The smallest absolute Gasteiger partial charge is 0.333 e. The second kappa shape index (κ2) is 5.38. The van der Waals surface area contributed by atoms with Gasteiger partial charge in [-0.3, -0.25) is 10.1 Å². The molecule has 0 radical (unpaired) electrons. The van der Waals surface area contributed by atoms with Crippen LogP contribution in [-0.4, -0.2) is 23.0 Å². The third kappa shape index (κ3) is 2.59. The topological polar surface area (TPSA) is 111 Å². The molecule has 0 aromatic carbocycles. The highest BCUT2D eigenvalue weighted by molar-refractivity contribution is 5.73. The van der Waals surface area contributed by atoms with E-state index in [-0.39, 0.29) is 17.2 Å². The van der Waals surface area contributed by atoms with Crippen molar-refractivity contribution in [3.63, 3.8) is 0 Å². The largest absolute Gasteiger partial charge is 0.393 e. The van der Waals surface area contributed by atoms with Gasteiger partial charge in [-0.15, -0.1) is 0 Å². The minimum Gasteiger partial charge on any atom is -0.393 e. The van der Waals surface area contributed by atoms with Crippen LogP contribution in [0.3, 0.4) is 0 Å². The second-order valence-corrected chi connectivity index (χ2v) is 6.10. The molecular weight excluding hydrogens is 270 g/mol. The zero-order valence-electron chi connectivity index (χ0n) is 12.0. The Morgan fingerprint density at radius 3 is 2.52 bits per heavy atom. The molecule has 114 valence electrons. The fourth-order valence-corrected chi connectivity index (χ4v) is 3.44. The molecule has 2 fully saturated rings. The molecule has 7 heteroatoms. The Balaban J connectivity index is 1.81. The van der Waals surface area contributed by atoms with Crippen LogP contribution in [0.2, 0.25) is 0 Å². The Morgan fingerprint density at radius 1 is 1.24 bits per heavy atom. The first kappa shape index (κ1) is 13.9. The molecule has 1 aromatic heterocycles. The quantitative estimate of drug-likeness (QED) is 0.652. The summed E-state index contributed by atoms with van der Waals surface area (Å²) in [5, 5.41) is 10.9. The number of nitrogens with zero attached hydrogens (tertiary/aromatic N) is 3. The van der Waals surface area contributed by atoms with Crippen molar-refractivity contribution in [2.75, 3.05) is 29.5 Å². The molecule has 1 aromatic rings. The number of nitrogens with two attached hydrogens (primary N) is 2. The van der Waals surface area contributed by atoms with Crippen molar-refractivity contribution in [3.8, 4) is 0 Å². The van der Waals surface area contributed by atoms with E-state index in [1.165, 1.54) is 25.7 Å². The molecule has 1 saturated carbocycles. The van der Waals surface area contributed by atoms with Crippen molar-refractivity contribution in [3.05, 3.63) is 16.2 Å². The summed E-state index contributed by atoms with van der Waals surface area (Å²) in [5.41, 5.74) is 11.3. The molecule has 0 amide bonds. The normalized spacial score (nSPS) is 22.9. The molecular formula is C14H21N5O2. The highest BCUT2D eigenvalue weighted by Gasteiger charge is 2.32. The lowest BCUT2D eigenvalue weighted by atomic mass is 9.73. The van der Waals surface area contributed by atoms with Crippen molar-refractivity contribution in [2.24, 2.45) is 11.8 Å². The van der Waals surface area contributed by atoms with Crippen LogP contribution < -0.4 is 16.4 Å². The maximum Gasteiger partial charge on any atom is 0.333 e. The Kier molecular flexibility index (Phi) is 3.57. The summed E-state index contributed by atoms with van der Waals surface area (Å²) in [6.45, 7) is 1.86. The highest BCUT2D eigenvalue weighted by atomic mass is 16.6. The molecule has 0 bridgehead atoms. The molecule has 1 saturated heterocycles. The summed E-state index contributed by atoms with van der Waals surface area (Å²) in [5.74, 6) is 2.10. The third-order valence-electron chi connectivity index (χ3n) is 4.82. The SMILES string of the molecule is Nc1cc(N2CCCC(C3CCC3)C2)nc(N)c1[N+](=O)[O-]. The van der Waals surface area contributed by atoms with Crippen molar-refractivity contribution in [2.45, 2.75) is 32.1 Å². The van der Waals surface area contributed by atoms with Crippen molar-refractivity contribution in [1.82, 2.24) is 4.98 Å². The van der Waals surface area contributed by atoms with E-state index in [1.807, 2.05) is 0 Å². The minimum absolute atomic E-state index is 0.0910. The summed E-state index contributed by atoms with van der Waals surface area (Å²) in [6, 6.07) is 1.58. The predicted molar refractivity (Wildman–Crippen MR) is 82.0 cm³/mol. The average Bonchev–Trinajstić information content (AvgIpc) is 2.35. The van der Waals surface area contributed by atoms with Gasteiger partial charge < -0.3 is 16.4 Å². The maximum atomic E-state index is 10.9. The van der Waals surface area contributed by atoms with Gasteiger partial charge in [-0.1, -0.05) is 19.3 Å². The lowest BCUT2D eigenvalue weighted by Crippen LogP contribution is -2.40. The summed E-state index contributed by atoms with van der Waals surface area (Å²) in [4.78, 5) is 16.7. The van der Waals surface area contributed by atoms with E-state index in [2.05, 4.69) is 9.88 Å². The number of hydrogen-bond donors (Lipinski definition) is 2. The van der Waals surface area contributed by atoms with E-state index >= 15 is 0 Å². The van der Waals surface area contributed by atoms with E-state index in [1.54, 1.807) is 6.07 Å². The summed E-state index contributed by atoms with van der Waals surface area (Å²) < 4.78 is 0. The molecule has 3 rings (SSSR count). The molecule has 1 aliphatic carbocycles. The number of nitrogen functional groups attached to an aromatic ring is 2. The molecule has 1 atom stereocenters. The first-order valence-corrected chi connectivity index (χ1v) is 7.51. The molecule has 1 aliphatic heterocycles. The Morgan fingerprint density at radius 2 is 1.95 bits per heavy atom. The standard InChI is InChI=1S/C14H21N5O2/c15-11-7-12(17-14(16)13(11)19(20)21)18-6-2-5-10(8-18)9-3-1-4-9/h7,9-10H,1-6,8H2,(H4,15,16,17). The van der Waals surface area contributed by atoms with Crippen LogP contribution in [0, 0.1) is 22.0 Å². The van der Waals surface area contributed by atoms with Gasteiger partial charge in [0.2, 0.25) is 5.82 Å². The van der Waals surface area contributed by atoms with E-state index < -0.39 is 4.92 Å². The average molecular weight is 291 g/mol. The van der Waals surface area contributed by atoms with E-state index in [0.29, 0.717) is 11.7 Å². The Bertz CT molecular complexity index is 535. The van der Waals surface area contributed by atoms with Crippen molar-refractivity contribution < 1.29 is 4.92 Å². The monoisotopic (exact) mass is 291 g/mol. The number of anilines is 3. The molecule has 2 heterocycles. The number of nitro groups is 1. The fourth-order valence-electron chi connectivity index (χ4n) is 3.44. The van der Waals surface area contributed by atoms with Gasteiger partial charge in [-0.2, -0.15) is 0 Å². The highest BCUT2D eigenvalue weighted by Crippen LogP contribution is 2.39. The summed E-state index contributed by atoms with van der Waals surface area (Å²) in [7, 11) is 0. The van der Waals surface area contributed by atoms with Crippen molar-refractivity contribution in [1.29, 1.82) is 0 Å².